The lowest BCUT2D eigenvalue weighted by molar-refractivity contribution is -0.142. The quantitative estimate of drug-likeness (QED) is 0.742. The van der Waals surface area contributed by atoms with Crippen molar-refractivity contribution in [2.24, 2.45) is 0 Å². The third kappa shape index (κ3) is 3.60. The SMILES string of the molecule is COC(C)C(NCc1ccncc1)C(=O)O. The fourth-order valence-electron chi connectivity index (χ4n) is 1.32. The van der Waals surface area contributed by atoms with Gasteiger partial charge < -0.3 is 9.84 Å². The molecule has 0 fully saturated rings. The lowest BCUT2D eigenvalue weighted by Crippen LogP contribution is -2.45. The molecular formula is C11H16N2O3. The molecule has 88 valence electrons. The Morgan fingerprint density at radius 2 is 2.19 bits per heavy atom. The van der Waals surface area contributed by atoms with Gasteiger partial charge in [-0.3, -0.25) is 15.1 Å². The average Bonchev–Trinajstić information content (AvgIpc) is 2.30. The molecule has 2 N–H and O–H groups in total. The summed E-state index contributed by atoms with van der Waals surface area (Å²) in [6, 6.07) is 2.96. The minimum atomic E-state index is -0.914. The summed E-state index contributed by atoms with van der Waals surface area (Å²) in [4.78, 5) is 14.9. The summed E-state index contributed by atoms with van der Waals surface area (Å²) in [5.41, 5.74) is 0.990. The maximum atomic E-state index is 11.0. The first-order valence-corrected chi connectivity index (χ1v) is 5.03. The Kier molecular flexibility index (Phi) is 4.88. The van der Waals surface area contributed by atoms with E-state index in [0.717, 1.165) is 5.56 Å². The van der Waals surface area contributed by atoms with Gasteiger partial charge in [-0.05, 0) is 24.6 Å². The average molecular weight is 224 g/mol. The second kappa shape index (κ2) is 6.19. The van der Waals surface area contributed by atoms with Gasteiger partial charge in [0.15, 0.2) is 0 Å². The molecule has 0 aromatic carbocycles. The summed E-state index contributed by atoms with van der Waals surface area (Å²) < 4.78 is 5.01. The van der Waals surface area contributed by atoms with Crippen LogP contribution in [0.1, 0.15) is 12.5 Å². The Bertz CT molecular complexity index is 329. The molecule has 16 heavy (non-hydrogen) atoms. The van der Waals surface area contributed by atoms with Crippen LogP contribution in [0.3, 0.4) is 0 Å². The van der Waals surface area contributed by atoms with E-state index in [9.17, 15) is 4.79 Å². The highest BCUT2D eigenvalue weighted by molar-refractivity contribution is 5.74. The van der Waals surface area contributed by atoms with E-state index in [1.807, 2.05) is 12.1 Å². The number of methoxy groups -OCH3 is 1. The Labute approximate surface area is 94.5 Å². The third-order valence-corrected chi connectivity index (χ3v) is 2.38. The van der Waals surface area contributed by atoms with Crippen LogP contribution in [0.25, 0.3) is 0 Å². The highest BCUT2D eigenvalue weighted by Crippen LogP contribution is 2.01. The molecule has 0 saturated heterocycles. The van der Waals surface area contributed by atoms with Crippen LogP contribution in [0.5, 0.6) is 0 Å². The van der Waals surface area contributed by atoms with Gasteiger partial charge in [0, 0.05) is 26.0 Å². The molecule has 0 radical (unpaired) electrons. The fourth-order valence-corrected chi connectivity index (χ4v) is 1.32. The molecule has 2 atom stereocenters. The molecule has 1 heterocycles. The molecule has 0 aliphatic rings. The number of hydrogen-bond acceptors (Lipinski definition) is 4. The van der Waals surface area contributed by atoms with Gasteiger partial charge >= 0.3 is 5.97 Å². The van der Waals surface area contributed by atoms with Crippen molar-refractivity contribution in [3.8, 4) is 0 Å². The van der Waals surface area contributed by atoms with E-state index in [1.165, 1.54) is 7.11 Å². The van der Waals surface area contributed by atoms with Crippen molar-refractivity contribution >= 4 is 5.97 Å². The lowest BCUT2D eigenvalue weighted by Gasteiger charge is -2.20. The zero-order valence-electron chi connectivity index (χ0n) is 9.38. The number of nitrogens with one attached hydrogen (secondary N) is 1. The van der Waals surface area contributed by atoms with Crippen LogP contribution in [0, 0.1) is 0 Å². The van der Waals surface area contributed by atoms with E-state index >= 15 is 0 Å². The van der Waals surface area contributed by atoms with E-state index in [2.05, 4.69) is 10.3 Å². The largest absolute Gasteiger partial charge is 0.480 e. The standard InChI is InChI=1S/C11H16N2O3/c1-8(16-2)10(11(14)15)13-7-9-3-5-12-6-4-9/h3-6,8,10,13H,7H2,1-2H3,(H,14,15). The molecule has 0 saturated carbocycles. The topological polar surface area (TPSA) is 71.5 Å². The molecule has 0 aliphatic carbocycles. The van der Waals surface area contributed by atoms with Crippen LogP contribution in [0.15, 0.2) is 24.5 Å². The maximum absolute atomic E-state index is 11.0. The smallest absolute Gasteiger partial charge is 0.323 e. The van der Waals surface area contributed by atoms with Crippen molar-refractivity contribution in [3.05, 3.63) is 30.1 Å². The summed E-state index contributed by atoms with van der Waals surface area (Å²) in [5.74, 6) is -0.914. The van der Waals surface area contributed by atoms with Gasteiger partial charge in [-0.1, -0.05) is 0 Å². The zero-order chi connectivity index (χ0) is 12.0. The number of aromatic nitrogens is 1. The van der Waals surface area contributed by atoms with Crippen LogP contribution in [-0.4, -0.2) is 35.3 Å². The Morgan fingerprint density at radius 3 is 2.69 bits per heavy atom. The lowest BCUT2D eigenvalue weighted by atomic mass is 10.1. The molecule has 2 unspecified atom stereocenters. The van der Waals surface area contributed by atoms with Crippen molar-refractivity contribution in [2.45, 2.75) is 25.6 Å². The van der Waals surface area contributed by atoms with Crippen molar-refractivity contribution in [3.63, 3.8) is 0 Å². The number of hydrogen-bond donors (Lipinski definition) is 2. The predicted octanol–water partition coefficient (Wildman–Crippen LogP) is 0.659. The number of carboxylic acids is 1. The van der Waals surface area contributed by atoms with E-state index < -0.39 is 12.0 Å². The highest BCUT2D eigenvalue weighted by Gasteiger charge is 2.23. The van der Waals surface area contributed by atoms with E-state index in [4.69, 9.17) is 9.84 Å². The number of carbonyl (C=O) groups is 1. The number of aliphatic carboxylic acids is 1. The minimum absolute atomic E-state index is 0.376. The number of carboxylic acid groups (broad SMARTS) is 1. The molecule has 0 aliphatic heterocycles. The van der Waals surface area contributed by atoms with E-state index in [0.29, 0.717) is 6.54 Å². The minimum Gasteiger partial charge on any atom is -0.480 e. The molecule has 0 bridgehead atoms. The summed E-state index contributed by atoms with van der Waals surface area (Å²) in [7, 11) is 1.49. The normalized spacial score (nSPS) is 14.4. The van der Waals surface area contributed by atoms with E-state index in [-0.39, 0.29) is 6.10 Å². The van der Waals surface area contributed by atoms with Crippen LogP contribution in [0.2, 0.25) is 0 Å². The van der Waals surface area contributed by atoms with Gasteiger partial charge in [-0.25, -0.2) is 0 Å². The van der Waals surface area contributed by atoms with Gasteiger partial charge in [0.25, 0.3) is 0 Å². The van der Waals surface area contributed by atoms with Gasteiger partial charge in [-0.2, -0.15) is 0 Å². The summed E-state index contributed by atoms with van der Waals surface area (Å²) in [6.45, 7) is 2.20. The van der Waals surface area contributed by atoms with Crippen molar-refractivity contribution < 1.29 is 14.6 Å². The molecule has 5 heteroatoms. The summed E-state index contributed by atoms with van der Waals surface area (Å²) in [6.07, 6.45) is 2.97. The fraction of sp³-hybridized carbons (Fsp3) is 0.455. The first-order valence-electron chi connectivity index (χ1n) is 5.03. The summed E-state index contributed by atoms with van der Waals surface area (Å²) in [5, 5.41) is 11.9. The Hall–Kier alpha value is -1.46. The van der Waals surface area contributed by atoms with Gasteiger partial charge in [0.2, 0.25) is 0 Å². The number of rotatable bonds is 6. The van der Waals surface area contributed by atoms with Gasteiger partial charge in [0.1, 0.15) is 6.04 Å². The predicted molar refractivity (Wildman–Crippen MR) is 59.0 cm³/mol. The number of pyridine rings is 1. The van der Waals surface area contributed by atoms with Crippen LogP contribution >= 0.6 is 0 Å². The Morgan fingerprint density at radius 1 is 1.56 bits per heavy atom. The zero-order valence-corrected chi connectivity index (χ0v) is 9.38. The first kappa shape index (κ1) is 12.6. The monoisotopic (exact) mass is 224 g/mol. The van der Waals surface area contributed by atoms with Crippen molar-refractivity contribution in [1.29, 1.82) is 0 Å². The van der Waals surface area contributed by atoms with Gasteiger partial charge in [0.05, 0.1) is 6.10 Å². The third-order valence-electron chi connectivity index (χ3n) is 2.38. The molecule has 0 spiro atoms. The van der Waals surface area contributed by atoms with Crippen LogP contribution < -0.4 is 5.32 Å². The second-order valence-corrected chi connectivity index (χ2v) is 3.49. The van der Waals surface area contributed by atoms with Crippen LogP contribution in [-0.2, 0) is 16.1 Å². The Balaban J connectivity index is 2.54. The molecule has 1 aromatic heterocycles. The second-order valence-electron chi connectivity index (χ2n) is 3.49. The number of nitrogens with zero attached hydrogens (tertiary/aromatic N) is 1. The summed E-state index contributed by atoms with van der Waals surface area (Å²) >= 11 is 0. The molecule has 5 nitrogen and oxygen atoms in total. The molecule has 0 amide bonds. The highest BCUT2D eigenvalue weighted by atomic mass is 16.5. The molecular weight excluding hydrogens is 208 g/mol. The first-order chi connectivity index (χ1) is 7.65. The molecule has 1 aromatic rings. The van der Waals surface area contributed by atoms with Gasteiger partial charge in [-0.15, -0.1) is 0 Å². The maximum Gasteiger partial charge on any atom is 0.323 e. The molecule has 1 rings (SSSR count). The van der Waals surface area contributed by atoms with Crippen molar-refractivity contribution in [1.82, 2.24) is 10.3 Å². The van der Waals surface area contributed by atoms with Crippen LogP contribution in [0.4, 0.5) is 0 Å². The number of ether oxygens (including phenoxy) is 1. The van der Waals surface area contributed by atoms with Crippen molar-refractivity contribution in [2.75, 3.05) is 7.11 Å². The van der Waals surface area contributed by atoms with E-state index in [1.54, 1.807) is 19.3 Å².